The molecule has 4 heteroatoms. The van der Waals surface area contributed by atoms with Crippen LogP contribution in [0.4, 0.5) is 0 Å². The molecule has 1 fully saturated rings. The molecule has 2 heterocycles. The molecule has 1 unspecified atom stereocenters. The summed E-state index contributed by atoms with van der Waals surface area (Å²) in [5, 5.41) is 6.13. The molecule has 14 heavy (non-hydrogen) atoms. The van der Waals surface area contributed by atoms with Crippen LogP contribution < -0.4 is 10.6 Å². The van der Waals surface area contributed by atoms with E-state index >= 15 is 0 Å². The Morgan fingerprint density at radius 1 is 1.43 bits per heavy atom. The molecule has 1 saturated heterocycles. The summed E-state index contributed by atoms with van der Waals surface area (Å²) in [5.41, 5.74) is 2.99. The van der Waals surface area contributed by atoms with Crippen molar-refractivity contribution >= 4 is 5.91 Å². The summed E-state index contributed by atoms with van der Waals surface area (Å²) in [4.78, 5) is 14.4. The molecule has 0 saturated carbocycles. The molecule has 1 aromatic heterocycles. The second-order valence-electron chi connectivity index (χ2n) is 4.00. The van der Waals surface area contributed by atoms with E-state index < -0.39 is 5.66 Å². The van der Waals surface area contributed by atoms with Crippen molar-refractivity contribution in [3.8, 4) is 0 Å². The first-order chi connectivity index (χ1) is 6.53. The highest BCUT2D eigenvalue weighted by Gasteiger charge is 2.36. The van der Waals surface area contributed by atoms with Gasteiger partial charge in [0.2, 0.25) is 5.91 Å². The minimum atomic E-state index is -0.411. The molecule has 0 aromatic carbocycles. The van der Waals surface area contributed by atoms with E-state index in [1.807, 2.05) is 27.0 Å². The molecule has 3 N–H and O–H groups in total. The zero-order valence-electron chi connectivity index (χ0n) is 8.69. The Morgan fingerprint density at radius 3 is 2.57 bits per heavy atom. The first-order valence-electron chi connectivity index (χ1n) is 4.74. The lowest BCUT2D eigenvalue weighted by molar-refractivity contribution is -0.118. The lowest BCUT2D eigenvalue weighted by Crippen LogP contribution is -2.44. The highest BCUT2D eigenvalue weighted by atomic mass is 16.2. The highest BCUT2D eigenvalue weighted by molar-refractivity contribution is 5.81. The molecule has 0 bridgehead atoms. The van der Waals surface area contributed by atoms with Crippen LogP contribution in [0.5, 0.6) is 0 Å². The molecular weight excluding hydrogens is 178 g/mol. The van der Waals surface area contributed by atoms with Gasteiger partial charge in [0.15, 0.2) is 0 Å². The van der Waals surface area contributed by atoms with Gasteiger partial charge in [0.25, 0.3) is 0 Å². The summed E-state index contributed by atoms with van der Waals surface area (Å²) < 4.78 is 0. The van der Waals surface area contributed by atoms with Crippen molar-refractivity contribution < 1.29 is 4.79 Å². The van der Waals surface area contributed by atoms with Crippen molar-refractivity contribution in [1.29, 1.82) is 0 Å². The molecule has 0 radical (unpaired) electrons. The van der Waals surface area contributed by atoms with Crippen molar-refractivity contribution in [2.45, 2.75) is 26.4 Å². The third-order valence-electron chi connectivity index (χ3n) is 2.77. The maximum atomic E-state index is 11.2. The molecule has 1 atom stereocenters. The first-order valence-corrected chi connectivity index (χ1v) is 4.74. The summed E-state index contributed by atoms with van der Waals surface area (Å²) in [6, 6.07) is 0. The van der Waals surface area contributed by atoms with Gasteiger partial charge in [-0.05, 0) is 26.3 Å². The molecule has 4 nitrogen and oxygen atoms in total. The summed E-state index contributed by atoms with van der Waals surface area (Å²) >= 11 is 0. The van der Waals surface area contributed by atoms with E-state index in [1.54, 1.807) is 0 Å². The van der Waals surface area contributed by atoms with Crippen LogP contribution in [0.25, 0.3) is 0 Å². The second kappa shape index (κ2) is 2.85. The van der Waals surface area contributed by atoms with Crippen LogP contribution >= 0.6 is 0 Å². The molecule has 0 spiro atoms. The number of amides is 1. The van der Waals surface area contributed by atoms with Crippen molar-refractivity contribution in [2.75, 3.05) is 6.54 Å². The lowest BCUT2D eigenvalue weighted by atomic mass is 9.99. The van der Waals surface area contributed by atoms with Crippen LogP contribution in [0.1, 0.15) is 23.7 Å². The SMILES string of the molecule is Cc1c[nH]c(C)c1C1(C)NCC(=O)N1. The smallest absolute Gasteiger partial charge is 0.235 e. The number of hydrogen-bond acceptors (Lipinski definition) is 2. The summed E-state index contributed by atoms with van der Waals surface area (Å²) in [5.74, 6) is 0.0486. The first kappa shape index (κ1) is 9.27. The fraction of sp³-hybridized carbons (Fsp3) is 0.500. The van der Waals surface area contributed by atoms with Gasteiger partial charge in [-0.1, -0.05) is 0 Å². The number of carbonyl (C=O) groups excluding carboxylic acids is 1. The molecule has 0 aliphatic carbocycles. The quantitative estimate of drug-likeness (QED) is 0.609. The molecule has 1 aromatic rings. The van der Waals surface area contributed by atoms with Crippen molar-refractivity contribution in [3.63, 3.8) is 0 Å². The Kier molecular flexibility index (Phi) is 1.89. The van der Waals surface area contributed by atoms with E-state index in [9.17, 15) is 4.79 Å². The van der Waals surface area contributed by atoms with Crippen LogP contribution in [0.3, 0.4) is 0 Å². The van der Waals surface area contributed by atoms with Crippen molar-refractivity contribution in [1.82, 2.24) is 15.6 Å². The number of carbonyl (C=O) groups is 1. The third kappa shape index (κ3) is 1.23. The number of hydrogen-bond donors (Lipinski definition) is 3. The van der Waals surface area contributed by atoms with Crippen LogP contribution in [0, 0.1) is 13.8 Å². The summed E-state index contributed by atoms with van der Waals surface area (Å²) in [7, 11) is 0. The van der Waals surface area contributed by atoms with Crippen molar-refractivity contribution in [2.24, 2.45) is 0 Å². The van der Waals surface area contributed by atoms with Crippen LogP contribution in [0.2, 0.25) is 0 Å². The van der Waals surface area contributed by atoms with E-state index in [0.29, 0.717) is 6.54 Å². The number of nitrogens with one attached hydrogen (secondary N) is 3. The Labute approximate surface area is 83.1 Å². The summed E-state index contributed by atoms with van der Waals surface area (Å²) in [6.07, 6.45) is 1.96. The van der Waals surface area contributed by atoms with Crippen LogP contribution in [-0.2, 0) is 10.5 Å². The third-order valence-corrected chi connectivity index (χ3v) is 2.77. The number of aryl methyl sites for hydroxylation is 2. The van der Waals surface area contributed by atoms with E-state index in [0.717, 1.165) is 11.3 Å². The Morgan fingerprint density at radius 2 is 2.14 bits per heavy atom. The summed E-state index contributed by atoms with van der Waals surface area (Å²) in [6.45, 7) is 6.43. The standard InChI is InChI=1S/C10H15N3O/c1-6-4-11-7(2)9(6)10(3)12-5-8(14)13-10/h4,11-12H,5H2,1-3H3,(H,13,14). The highest BCUT2D eigenvalue weighted by Crippen LogP contribution is 2.26. The van der Waals surface area contributed by atoms with Crippen LogP contribution in [-0.4, -0.2) is 17.4 Å². The Balaban J connectivity index is 2.44. The molecule has 1 aliphatic rings. The monoisotopic (exact) mass is 193 g/mol. The molecule has 76 valence electrons. The predicted molar refractivity (Wildman–Crippen MR) is 53.8 cm³/mol. The lowest BCUT2D eigenvalue weighted by Gasteiger charge is -2.25. The number of aromatic amines is 1. The fourth-order valence-electron chi connectivity index (χ4n) is 2.20. The van der Waals surface area contributed by atoms with Crippen molar-refractivity contribution in [3.05, 3.63) is 23.0 Å². The van der Waals surface area contributed by atoms with E-state index in [1.165, 1.54) is 5.56 Å². The van der Waals surface area contributed by atoms with Gasteiger partial charge in [0.05, 0.1) is 6.54 Å². The number of H-pyrrole nitrogens is 1. The van der Waals surface area contributed by atoms with Gasteiger partial charge in [-0.3, -0.25) is 10.1 Å². The minimum Gasteiger partial charge on any atom is -0.365 e. The van der Waals surface area contributed by atoms with Gasteiger partial charge in [-0.25, -0.2) is 0 Å². The molecule has 1 amide bonds. The van der Waals surface area contributed by atoms with E-state index in [4.69, 9.17) is 0 Å². The number of aromatic nitrogens is 1. The zero-order valence-corrected chi connectivity index (χ0v) is 8.69. The molecule has 2 rings (SSSR count). The second-order valence-corrected chi connectivity index (χ2v) is 4.00. The molecular formula is C10H15N3O. The normalized spacial score (nSPS) is 26.6. The Bertz CT molecular complexity index is 363. The maximum Gasteiger partial charge on any atom is 0.235 e. The van der Waals surface area contributed by atoms with Gasteiger partial charge in [0, 0.05) is 17.5 Å². The largest absolute Gasteiger partial charge is 0.365 e. The van der Waals surface area contributed by atoms with Gasteiger partial charge >= 0.3 is 0 Å². The predicted octanol–water partition coefficient (Wildman–Crippen LogP) is 0.524. The fourth-order valence-corrected chi connectivity index (χ4v) is 2.20. The van der Waals surface area contributed by atoms with Gasteiger partial charge < -0.3 is 10.3 Å². The Hall–Kier alpha value is -1.29. The average Bonchev–Trinajstić information content (AvgIpc) is 2.58. The van der Waals surface area contributed by atoms with E-state index in [-0.39, 0.29) is 5.91 Å². The molecule has 1 aliphatic heterocycles. The zero-order chi connectivity index (χ0) is 10.3. The van der Waals surface area contributed by atoms with Gasteiger partial charge in [-0.2, -0.15) is 0 Å². The maximum absolute atomic E-state index is 11.2. The van der Waals surface area contributed by atoms with Gasteiger partial charge in [0.1, 0.15) is 5.66 Å². The number of rotatable bonds is 1. The van der Waals surface area contributed by atoms with E-state index in [2.05, 4.69) is 15.6 Å². The van der Waals surface area contributed by atoms with Gasteiger partial charge in [-0.15, -0.1) is 0 Å². The van der Waals surface area contributed by atoms with Crippen LogP contribution in [0.15, 0.2) is 6.20 Å². The average molecular weight is 193 g/mol. The minimum absolute atomic E-state index is 0.0486. The topological polar surface area (TPSA) is 56.9 Å².